The molecule has 160 valence electrons. The van der Waals surface area contributed by atoms with Gasteiger partial charge in [0, 0.05) is 10.9 Å². The molecule has 0 aliphatic rings. The summed E-state index contributed by atoms with van der Waals surface area (Å²) in [6.45, 7) is 0.511. The van der Waals surface area contributed by atoms with Gasteiger partial charge in [0.1, 0.15) is 23.8 Å². The highest BCUT2D eigenvalue weighted by molar-refractivity contribution is 5.95. The smallest absolute Gasteiger partial charge is 0.341 e. The van der Waals surface area contributed by atoms with Crippen LogP contribution in [0.2, 0.25) is 0 Å². The highest BCUT2D eigenvalue weighted by Gasteiger charge is 2.16. The Balaban J connectivity index is 1.75. The number of nitrogens with zero attached hydrogens (tertiary/aromatic N) is 1. The van der Waals surface area contributed by atoms with Crippen LogP contribution in [-0.2, 0) is 13.2 Å². The number of nitrogens with one attached hydrogen (secondary N) is 1. The number of nitrogens with two attached hydrogens (primary N) is 1. The molecule has 0 bridgehead atoms. The van der Waals surface area contributed by atoms with Gasteiger partial charge in [-0.2, -0.15) is 0 Å². The lowest BCUT2D eigenvalue weighted by atomic mass is 10.1. The average Bonchev–Trinajstić information content (AvgIpc) is 2.80. The molecule has 0 spiro atoms. The Bertz CT molecular complexity index is 1380. The van der Waals surface area contributed by atoms with Crippen molar-refractivity contribution < 1.29 is 14.6 Å². The Morgan fingerprint density at radius 2 is 1.72 bits per heavy atom. The first-order valence-electron chi connectivity index (χ1n) is 9.93. The number of pyridine rings is 1. The minimum absolute atomic E-state index is 0.0800. The zero-order valence-corrected chi connectivity index (χ0v) is 17.1. The largest absolute Gasteiger partial charge is 0.489 e. The summed E-state index contributed by atoms with van der Waals surface area (Å²) in [5, 5.41) is 17.8. The third-order valence-electron chi connectivity index (χ3n) is 5.12. The summed E-state index contributed by atoms with van der Waals surface area (Å²) in [5.74, 6) is -0.802. The molecule has 7 heteroatoms. The van der Waals surface area contributed by atoms with Gasteiger partial charge in [0.05, 0.1) is 12.1 Å². The molecule has 32 heavy (non-hydrogen) atoms. The Hall–Kier alpha value is -4.39. The molecule has 0 unspecified atom stereocenters. The summed E-state index contributed by atoms with van der Waals surface area (Å²) >= 11 is 0. The SMILES string of the molecule is N=C(N)c1cccc(Cn2c(=O)c(C(=O)O)cc3cc(OCc4ccccc4)ccc32)c1. The van der Waals surface area contributed by atoms with E-state index in [1.807, 2.05) is 30.3 Å². The number of hydrogen-bond donors (Lipinski definition) is 3. The van der Waals surface area contributed by atoms with Crippen LogP contribution in [0.3, 0.4) is 0 Å². The third-order valence-corrected chi connectivity index (χ3v) is 5.12. The summed E-state index contributed by atoms with van der Waals surface area (Å²) < 4.78 is 7.27. The highest BCUT2D eigenvalue weighted by Crippen LogP contribution is 2.23. The van der Waals surface area contributed by atoms with Crippen LogP contribution in [0.15, 0.2) is 83.7 Å². The van der Waals surface area contributed by atoms with Gasteiger partial charge in [0.2, 0.25) is 0 Å². The first kappa shape index (κ1) is 20.9. The first-order valence-corrected chi connectivity index (χ1v) is 9.93. The molecule has 4 aromatic rings. The molecule has 3 aromatic carbocycles. The second-order valence-corrected chi connectivity index (χ2v) is 7.36. The number of carboxylic acids is 1. The molecule has 7 nitrogen and oxygen atoms in total. The molecular weight excluding hydrogens is 406 g/mol. The lowest BCUT2D eigenvalue weighted by Crippen LogP contribution is -2.27. The van der Waals surface area contributed by atoms with E-state index >= 15 is 0 Å². The fourth-order valence-electron chi connectivity index (χ4n) is 3.53. The lowest BCUT2D eigenvalue weighted by Gasteiger charge is -2.14. The predicted molar refractivity (Wildman–Crippen MR) is 123 cm³/mol. The van der Waals surface area contributed by atoms with Crippen molar-refractivity contribution in [1.29, 1.82) is 5.41 Å². The molecule has 0 saturated carbocycles. The number of nitrogen functional groups attached to an aromatic ring is 1. The van der Waals surface area contributed by atoms with E-state index in [0.717, 1.165) is 11.1 Å². The number of aromatic carboxylic acids is 1. The number of amidine groups is 1. The fourth-order valence-corrected chi connectivity index (χ4v) is 3.53. The van der Waals surface area contributed by atoms with E-state index < -0.39 is 11.5 Å². The minimum Gasteiger partial charge on any atom is -0.489 e. The van der Waals surface area contributed by atoms with Gasteiger partial charge in [-0.15, -0.1) is 0 Å². The molecule has 4 N–H and O–H groups in total. The molecular formula is C25H21N3O4. The zero-order valence-electron chi connectivity index (χ0n) is 17.1. The van der Waals surface area contributed by atoms with Gasteiger partial charge >= 0.3 is 5.97 Å². The van der Waals surface area contributed by atoms with Gasteiger partial charge in [0.15, 0.2) is 0 Å². The Morgan fingerprint density at radius 3 is 2.44 bits per heavy atom. The van der Waals surface area contributed by atoms with Crippen molar-refractivity contribution in [2.24, 2.45) is 5.73 Å². The summed E-state index contributed by atoms with van der Waals surface area (Å²) in [5.41, 5.74) is 7.51. The van der Waals surface area contributed by atoms with Crippen molar-refractivity contribution in [1.82, 2.24) is 4.57 Å². The summed E-state index contributed by atoms with van der Waals surface area (Å²) in [7, 11) is 0. The molecule has 0 saturated heterocycles. The van der Waals surface area contributed by atoms with Gasteiger partial charge < -0.3 is 20.1 Å². The number of fused-ring (bicyclic) bond motifs is 1. The maximum absolute atomic E-state index is 12.9. The topological polar surface area (TPSA) is 118 Å². The fraction of sp³-hybridized carbons (Fsp3) is 0.0800. The van der Waals surface area contributed by atoms with Crippen LogP contribution in [-0.4, -0.2) is 21.5 Å². The van der Waals surface area contributed by atoms with Crippen molar-refractivity contribution in [3.05, 3.63) is 111 Å². The number of carbonyl (C=O) groups is 1. The third kappa shape index (κ3) is 4.37. The number of carboxylic acid groups (broad SMARTS) is 1. The van der Waals surface area contributed by atoms with Crippen LogP contribution in [0.4, 0.5) is 0 Å². The van der Waals surface area contributed by atoms with Crippen molar-refractivity contribution >= 4 is 22.7 Å². The van der Waals surface area contributed by atoms with Gasteiger partial charge in [0.25, 0.3) is 5.56 Å². The van der Waals surface area contributed by atoms with Gasteiger partial charge in [-0.1, -0.05) is 48.5 Å². The Labute approximate surface area is 183 Å². The molecule has 0 atom stereocenters. The Morgan fingerprint density at radius 1 is 0.969 bits per heavy atom. The molecule has 1 heterocycles. The van der Waals surface area contributed by atoms with E-state index in [1.165, 1.54) is 10.6 Å². The summed E-state index contributed by atoms with van der Waals surface area (Å²) in [4.78, 5) is 24.6. The van der Waals surface area contributed by atoms with Crippen LogP contribution < -0.4 is 16.0 Å². The van der Waals surface area contributed by atoms with Crippen LogP contribution in [0.1, 0.15) is 27.0 Å². The second kappa shape index (κ2) is 8.77. The highest BCUT2D eigenvalue weighted by atomic mass is 16.5. The number of hydrogen-bond acceptors (Lipinski definition) is 4. The van der Waals surface area contributed by atoms with E-state index in [2.05, 4.69) is 0 Å². The monoisotopic (exact) mass is 427 g/mol. The molecule has 0 amide bonds. The van der Waals surface area contributed by atoms with Crippen LogP contribution in [0.25, 0.3) is 10.9 Å². The van der Waals surface area contributed by atoms with Gasteiger partial charge in [-0.3, -0.25) is 10.2 Å². The van der Waals surface area contributed by atoms with E-state index in [1.54, 1.807) is 42.5 Å². The van der Waals surface area contributed by atoms with Crippen molar-refractivity contribution in [3.63, 3.8) is 0 Å². The van der Waals surface area contributed by atoms with Crippen LogP contribution in [0, 0.1) is 5.41 Å². The normalized spacial score (nSPS) is 10.8. The van der Waals surface area contributed by atoms with E-state index in [-0.39, 0.29) is 17.9 Å². The molecule has 0 radical (unpaired) electrons. The van der Waals surface area contributed by atoms with Crippen LogP contribution >= 0.6 is 0 Å². The summed E-state index contributed by atoms with van der Waals surface area (Å²) in [6, 6.07) is 23.3. The lowest BCUT2D eigenvalue weighted by molar-refractivity contribution is 0.0694. The quantitative estimate of drug-likeness (QED) is 0.308. The molecule has 0 aliphatic heterocycles. The van der Waals surface area contributed by atoms with Crippen molar-refractivity contribution in [2.75, 3.05) is 0 Å². The maximum Gasteiger partial charge on any atom is 0.341 e. The minimum atomic E-state index is -1.29. The standard InChI is InChI=1S/C25H21N3O4/c26-23(27)18-8-4-7-17(11-18)14-28-22-10-9-20(32-15-16-5-2-1-3-6-16)12-19(22)13-21(24(28)29)25(30)31/h1-13H,14-15H2,(H3,26,27)(H,30,31). The van der Waals surface area contributed by atoms with E-state index in [0.29, 0.717) is 28.8 Å². The molecule has 1 aromatic heterocycles. The Kier molecular flexibility index (Phi) is 5.72. The van der Waals surface area contributed by atoms with E-state index in [4.69, 9.17) is 15.9 Å². The summed E-state index contributed by atoms with van der Waals surface area (Å²) in [6.07, 6.45) is 0. The van der Waals surface area contributed by atoms with Crippen molar-refractivity contribution in [3.8, 4) is 5.75 Å². The molecule has 0 aliphatic carbocycles. The molecule has 0 fully saturated rings. The van der Waals surface area contributed by atoms with Crippen LogP contribution in [0.5, 0.6) is 5.75 Å². The number of rotatable bonds is 7. The zero-order chi connectivity index (χ0) is 22.7. The van der Waals surface area contributed by atoms with Gasteiger partial charge in [-0.25, -0.2) is 4.79 Å². The van der Waals surface area contributed by atoms with E-state index in [9.17, 15) is 14.7 Å². The molecule has 4 rings (SSSR count). The van der Waals surface area contributed by atoms with Crippen molar-refractivity contribution in [2.45, 2.75) is 13.2 Å². The number of aromatic nitrogens is 1. The average molecular weight is 427 g/mol. The predicted octanol–water partition coefficient (Wildman–Crippen LogP) is 3.61. The first-order chi connectivity index (χ1) is 15.4. The number of ether oxygens (including phenoxy) is 1. The second-order valence-electron chi connectivity index (χ2n) is 7.36. The number of benzene rings is 3. The maximum atomic E-state index is 12.9. The van der Waals surface area contributed by atoms with Gasteiger partial charge in [-0.05, 0) is 41.5 Å².